The standard InChI is InChI=1S/C14H22O3/c1-5-7-12(8-11(4)15)14(6-2)9-10(3)13(16)17-14/h9,12H,5-8H2,1-4H3/t12-,14-/m0/s1. The summed E-state index contributed by atoms with van der Waals surface area (Å²) in [6.45, 7) is 7.46. The fourth-order valence-corrected chi connectivity index (χ4v) is 2.59. The maximum Gasteiger partial charge on any atom is 0.334 e. The van der Waals surface area contributed by atoms with Gasteiger partial charge in [-0.1, -0.05) is 20.3 Å². The van der Waals surface area contributed by atoms with E-state index >= 15 is 0 Å². The van der Waals surface area contributed by atoms with Crippen molar-refractivity contribution in [2.75, 3.05) is 0 Å². The van der Waals surface area contributed by atoms with E-state index in [1.54, 1.807) is 13.8 Å². The zero-order valence-electron chi connectivity index (χ0n) is 11.2. The predicted octanol–water partition coefficient (Wildman–Crippen LogP) is 3.03. The van der Waals surface area contributed by atoms with Crippen molar-refractivity contribution in [1.82, 2.24) is 0 Å². The molecule has 1 heterocycles. The van der Waals surface area contributed by atoms with Crippen LogP contribution in [0.25, 0.3) is 0 Å². The Morgan fingerprint density at radius 1 is 1.47 bits per heavy atom. The second kappa shape index (κ2) is 5.48. The molecule has 0 saturated carbocycles. The largest absolute Gasteiger partial charge is 0.451 e. The maximum atomic E-state index is 11.6. The summed E-state index contributed by atoms with van der Waals surface area (Å²) in [5.74, 6) is 0.0261. The van der Waals surface area contributed by atoms with Gasteiger partial charge in [0.05, 0.1) is 0 Å². The van der Waals surface area contributed by atoms with Crippen LogP contribution in [-0.4, -0.2) is 17.4 Å². The Bertz CT molecular complexity index is 343. The summed E-state index contributed by atoms with van der Waals surface area (Å²) in [7, 11) is 0. The Hall–Kier alpha value is -1.12. The number of carbonyl (C=O) groups is 2. The molecule has 1 aliphatic heterocycles. The lowest BCUT2D eigenvalue weighted by Crippen LogP contribution is -2.38. The SMILES string of the molecule is CCC[C@@H](CC(C)=O)[C@]1(CC)C=C(C)C(=O)O1. The molecular formula is C14H22O3. The molecule has 0 radical (unpaired) electrons. The van der Waals surface area contributed by atoms with Crippen LogP contribution in [0, 0.1) is 5.92 Å². The van der Waals surface area contributed by atoms with Crippen molar-refractivity contribution in [3.8, 4) is 0 Å². The average Bonchev–Trinajstić information content (AvgIpc) is 2.55. The van der Waals surface area contributed by atoms with E-state index < -0.39 is 5.60 Å². The predicted molar refractivity (Wildman–Crippen MR) is 66.6 cm³/mol. The molecule has 1 rings (SSSR count). The van der Waals surface area contributed by atoms with Crippen molar-refractivity contribution < 1.29 is 14.3 Å². The third kappa shape index (κ3) is 2.96. The lowest BCUT2D eigenvalue weighted by atomic mass is 9.79. The fourth-order valence-electron chi connectivity index (χ4n) is 2.59. The van der Waals surface area contributed by atoms with Crippen LogP contribution < -0.4 is 0 Å². The second-order valence-corrected chi connectivity index (χ2v) is 4.92. The molecule has 0 fully saturated rings. The first-order valence-electron chi connectivity index (χ1n) is 6.37. The van der Waals surface area contributed by atoms with Gasteiger partial charge >= 0.3 is 5.97 Å². The highest BCUT2D eigenvalue weighted by molar-refractivity contribution is 5.91. The number of ether oxygens (including phenoxy) is 1. The number of cyclic esters (lactones) is 1. The van der Waals surface area contributed by atoms with E-state index in [1.165, 1.54) is 0 Å². The van der Waals surface area contributed by atoms with Gasteiger partial charge in [-0.3, -0.25) is 0 Å². The molecule has 0 aliphatic carbocycles. The van der Waals surface area contributed by atoms with Gasteiger partial charge in [0.25, 0.3) is 0 Å². The Morgan fingerprint density at radius 2 is 2.12 bits per heavy atom. The number of Topliss-reactive ketones (excluding diaryl/α,β-unsaturated/α-hetero) is 1. The molecule has 3 heteroatoms. The summed E-state index contributed by atoms with van der Waals surface area (Å²) >= 11 is 0. The number of esters is 1. The van der Waals surface area contributed by atoms with Crippen LogP contribution >= 0.6 is 0 Å². The van der Waals surface area contributed by atoms with E-state index in [-0.39, 0.29) is 17.7 Å². The van der Waals surface area contributed by atoms with Crippen LogP contribution in [0.3, 0.4) is 0 Å². The fraction of sp³-hybridized carbons (Fsp3) is 0.714. The zero-order valence-corrected chi connectivity index (χ0v) is 11.2. The highest BCUT2D eigenvalue weighted by Gasteiger charge is 2.43. The first-order chi connectivity index (χ1) is 7.95. The van der Waals surface area contributed by atoms with Crippen LogP contribution in [0.5, 0.6) is 0 Å². The normalized spacial score (nSPS) is 25.4. The van der Waals surface area contributed by atoms with E-state index in [1.807, 2.05) is 13.0 Å². The van der Waals surface area contributed by atoms with Gasteiger partial charge in [0, 0.05) is 17.9 Å². The highest BCUT2D eigenvalue weighted by atomic mass is 16.6. The lowest BCUT2D eigenvalue weighted by Gasteiger charge is -2.33. The first kappa shape index (κ1) is 13.9. The number of hydrogen-bond donors (Lipinski definition) is 0. The van der Waals surface area contributed by atoms with Gasteiger partial charge in [0.1, 0.15) is 11.4 Å². The molecule has 3 nitrogen and oxygen atoms in total. The van der Waals surface area contributed by atoms with E-state index in [0.717, 1.165) is 19.3 Å². The summed E-state index contributed by atoms with van der Waals surface area (Å²) in [6, 6.07) is 0. The van der Waals surface area contributed by atoms with E-state index in [0.29, 0.717) is 12.0 Å². The van der Waals surface area contributed by atoms with Crippen LogP contribution in [0.1, 0.15) is 53.4 Å². The van der Waals surface area contributed by atoms with Crippen LogP contribution in [0.2, 0.25) is 0 Å². The van der Waals surface area contributed by atoms with E-state index in [9.17, 15) is 9.59 Å². The minimum absolute atomic E-state index is 0.108. The number of ketones is 1. The summed E-state index contributed by atoms with van der Waals surface area (Å²) < 4.78 is 5.54. The summed E-state index contributed by atoms with van der Waals surface area (Å²) in [5.41, 5.74) is 0.111. The molecule has 0 saturated heterocycles. The topological polar surface area (TPSA) is 43.4 Å². The molecule has 0 amide bonds. The van der Waals surface area contributed by atoms with Crippen molar-refractivity contribution in [1.29, 1.82) is 0 Å². The molecule has 0 spiro atoms. The van der Waals surface area contributed by atoms with Crippen LogP contribution in [-0.2, 0) is 14.3 Å². The minimum Gasteiger partial charge on any atom is -0.451 e. The molecule has 0 aromatic carbocycles. The van der Waals surface area contributed by atoms with Crippen molar-refractivity contribution >= 4 is 11.8 Å². The van der Waals surface area contributed by atoms with Crippen molar-refractivity contribution in [2.45, 2.75) is 59.0 Å². The average molecular weight is 238 g/mol. The third-order valence-electron chi connectivity index (χ3n) is 3.48. The Kier molecular flexibility index (Phi) is 4.49. The smallest absolute Gasteiger partial charge is 0.334 e. The molecule has 0 bridgehead atoms. The number of carbonyl (C=O) groups excluding carboxylic acids is 2. The monoisotopic (exact) mass is 238 g/mol. The van der Waals surface area contributed by atoms with Crippen molar-refractivity contribution in [2.24, 2.45) is 5.92 Å². The number of hydrogen-bond acceptors (Lipinski definition) is 3. The molecule has 0 aromatic heterocycles. The van der Waals surface area contributed by atoms with Gasteiger partial charge in [-0.05, 0) is 32.8 Å². The van der Waals surface area contributed by atoms with E-state index in [2.05, 4.69) is 6.92 Å². The van der Waals surface area contributed by atoms with Crippen LogP contribution in [0.4, 0.5) is 0 Å². The molecule has 0 unspecified atom stereocenters. The molecule has 96 valence electrons. The Morgan fingerprint density at radius 3 is 2.47 bits per heavy atom. The highest BCUT2D eigenvalue weighted by Crippen LogP contribution is 2.39. The Labute approximate surface area is 103 Å². The van der Waals surface area contributed by atoms with Crippen LogP contribution in [0.15, 0.2) is 11.6 Å². The van der Waals surface area contributed by atoms with Gasteiger partial charge in [0.15, 0.2) is 0 Å². The van der Waals surface area contributed by atoms with Gasteiger partial charge in [-0.25, -0.2) is 4.79 Å². The Balaban J connectivity index is 2.97. The summed E-state index contributed by atoms with van der Waals surface area (Å²) in [4.78, 5) is 22.9. The van der Waals surface area contributed by atoms with Crippen molar-refractivity contribution in [3.05, 3.63) is 11.6 Å². The summed E-state index contributed by atoms with van der Waals surface area (Å²) in [5, 5.41) is 0. The third-order valence-corrected chi connectivity index (χ3v) is 3.48. The molecule has 0 aromatic rings. The second-order valence-electron chi connectivity index (χ2n) is 4.92. The minimum atomic E-state index is -0.553. The molecule has 17 heavy (non-hydrogen) atoms. The summed E-state index contributed by atoms with van der Waals surface area (Å²) in [6.07, 6.45) is 5.03. The molecule has 2 atom stereocenters. The maximum absolute atomic E-state index is 11.6. The van der Waals surface area contributed by atoms with Gasteiger partial charge < -0.3 is 9.53 Å². The molecule has 1 aliphatic rings. The van der Waals surface area contributed by atoms with E-state index in [4.69, 9.17) is 4.74 Å². The van der Waals surface area contributed by atoms with Gasteiger partial charge in [0.2, 0.25) is 0 Å². The lowest BCUT2D eigenvalue weighted by molar-refractivity contribution is -0.152. The van der Waals surface area contributed by atoms with Gasteiger partial charge in [-0.2, -0.15) is 0 Å². The molecular weight excluding hydrogens is 216 g/mol. The molecule has 0 N–H and O–H groups in total. The van der Waals surface area contributed by atoms with Gasteiger partial charge in [-0.15, -0.1) is 0 Å². The number of rotatable bonds is 6. The quantitative estimate of drug-likeness (QED) is 0.668. The first-order valence-corrected chi connectivity index (χ1v) is 6.37. The van der Waals surface area contributed by atoms with Crippen molar-refractivity contribution in [3.63, 3.8) is 0 Å². The zero-order chi connectivity index (χ0) is 13.1.